The first kappa shape index (κ1) is 10.9. The number of hydrogen-bond donors (Lipinski definition) is 2. The smallest absolute Gasteiger partial charge is 0.140 e. The summed E-state index contributed by atoms with van der Waals surface area (Å²) in [6, 6.07) is 5.08. The standard InChI is InChI=1S/C8H12N2O.ClH/c1-10(2)7-4-3-6(9)5-8(7)11;/h3-5,11H,9H2,1-2H3;1H. The molecule has 0 spiro atoms. The minimum Gasteiger partial charge on any atom is -0.506 e. The van der Waals surface area contributed by atoms with Gasteiger partial charge in [0.15, 0.2) is 0 Å². The van der Waals surface area contributed by atoms with E-state index in [1.165, 1.54) is 6.07 Å². The van der Waals surface area contributed by atoms with E-state index in [1.54, 1.807) is 12.1 Å². The van der Waals surface area contributed by atoms with Crippen molar-refractivity contribution < 1.29 is 5.11 Å². The van der Waals surface area contributed by atoms with Crippen LogP contribution < -0.4 is 10.6 Å². The van der Waals surface area contributed by atoms with E-state index in [0.717, 1.165) is 5.69 Å². The Morgan fingerprint density at radius 1 is 1.33 bits per heavy atom. The van der Waals surface area contributed by atoms with Crippen LogP contribution in [0.25, 0.3) is 0 Å². The van der Waals surface area contributed by atoms with Gasteiger partial charge in [0.25, 0.3) is 0 Å². The number of nitrogen functional groups attached to an aromatic ring is 1. The summed E-state index contributed by atoms with van der Waals surface area (Å²) in [4.78, 5) is 1.83. The molecule has 0 bridgehead atoms. The number of hydrogen-bond acceptors (Lipinski definition) is 3. The third-order valence-electron chi connectivity index (χ3n) is 1.48. The summed E-state index contributed by atoms with van der Waals surface area (Å²) < 4.78 is 0. The second kappa shape index (κ2) is 4.07. The molecule has 0 aliphatic carbocycles. The molecule has 0 aliphatic rings. The first-order chi connectivity index (χ1) is 5.11. The number of rotatable bonds is 1. The lowest BCUT2D eigenvalue weighted by atomic mass is 10.2. The molecule has 0 atom stereocenters. The average Bonchev–Trinajstić information content (AvgIpc) is 1.85. The lowest BCUT2D eigenvalue weighted by Crippen LogP contribution is -2.08. The number of aromatic hydroxyl groups is 1. The lowest BCUT2D eigenvalue weighted by molar-refractivity contribution is 0.476. The SMILES string of the molecule is CN(C)c1ccc(N)cc1O.Cl. The lowest BCUT2D eigenvalue weighted by Gasteiger charge is -2.13. The Hall–Kier alpha value is -1.09. The van der Waals surface area contributed by atoms with Crippen molar-refractivity contribution in [1.82, 2.24) is 0 Å². The minimum absolute atomic E-state index is 0. The molecule has 0 amide bonds. The predicted octanol–water partition coefficient (Wildman–Crippen LogP) is 1.46. The monoisotopic (exact) mass is 188 g/mol. The third kappa shape index (κ3) is 2.20. The van der Waals surface area contributed by atoms with E-state index >= 15 is 0 Å². The van der Waals surface area contributed by atoms with Gasteiger partial charge in [-0.15, -0.1) is 12.4 Å². The topological polar surface area (TPSA) is 49.5 Å². The van der Waals surface area contributed by atoms with Crippen molar-refractivity contribution in [2.24, 2.45) is 0 Å². The largest absolute Gasteiger partial charge is 0.506 e. The van der Waals surface area contributed by atoms with E-state index in [1.807, 2.05) is 19.0 Å². The van der Waals surface area contributed by atoms with Crippen LogP contribution in [0, 0.1) is 0 Å². The van der Waals surface area contributed by atoms with Crippen molar-refractivity contribution in [3.05, 3.63) is 18.2 Å². The first-order valence-electron chi connectivity index (χ1n) is 3.37. The van der Waals surface area contributed by atoms with Gasteiger partial charge >= 0.3 is 0 Å². The maximum Gasteiger partial charge on any atom is 0.140 e. The van der Waals surface area contributed by atoms with E-state index in [2.05, 4.69) is 0 Å². The molecule has 1 rings (SSSR count). The van der Waals surface area contributed by atoms with Crippen LogP contribution in [0.5, 0.6) is 5.75 Å². The zero-order chi connectivity index (χ0) is 8.43. The molecule has 0 fully saturated rings. The van der Waals surface area contributed by atoms with E-state index < -0.39 is 0 Å². The Labute approximate surface area is 78.2 Å². The van der Waals surface area contributed by atoms with E-state index in [0.29, 0.717) is 5.69 Å². The molecule has 0 saturated carbocycles. The number of benzene rings is 1. The first-order valence-corrected chi connectivity index (χ1v) is 3.37. The van der Waals surface area contributed by atoms with Gasteiger partial charge in [-0.2, -0.15) is 0 Å². The maximum atomic E-state index is 9.34. The maximum absolute atomic E-state index is 9.34. The summed E-state index contributed by atoms with van der Waals surface area (Å²) in [6.07, 6.45) is 0. The van der Waals surface area contributed by atoms with E-state index in [9.17, 15) is 5.11 Å². The van der Waals surface area contributed by atoms with Crippen molar-refractivity contribution in [3.8, 4) is 5.75 Å². The van der Waals surface area contributed by atoms with Gasteiger partial charge < -0.3 is 15.7 Å². The molecule has 0 aliphatic heterocycles. The highest BCUT2D eigenvalue weighted by Crippen LogP contribution is 2.26. The zero-order valence-electron chi connectivity index (χ0n) is 7.11. The van der Waals surface area contributed by atoms with Gasteiger partial charge in [0.05, 0.1) is 5.69 Å². The van der Waals surface area contributed by atoms with Crippen LogP contribution in [-0.4, -0.2) is 19.2 Å². The molecule has 0 saturated heterocycles. The van der Waals surface area contributed by atoms with Gasteiger partial charge in [0.2, 0.25) is 0 Å². The number of nitrogens with two attached hydrogens (primary N) is 1. The van der Waals surface area contributed by atoms with Crippen LogP contribution in [0.3, 0.4) is 0 Å². The predicted molar refractivity (Wildman–Crippen MR) is 54.1 cm³/mol. The fourth-order valence-corrected chi connectivity index (χ4v) is 0.919. The van der Waals surface area contributed by atoms with Gasteiger partial charge in [-0.1, -0.05) is 0 Å². The summed E-state index contributed by atoms with van der Waals surface area (Å²) in [5.74, 6) is 0.218. The number of phenolic OH excluding ortho intramolecular Hbond substituents is 1. The van der Waals surface area contributed by atoms with Crippen LogP contribution >= 0.6 is 12.4 Å². The number of anilines is 2. The van der Waals surface area contributed by atoms with Gasteiger partial charge in [0.1, 0.15) is 5.75 Å². The molecule has 68 valence electrons. The number of nitrogens with zero attached hydrogens (tertiary/aromatic N) is 1. The summed E-state index contributed by atoms with van der Waals surface area (Å²) in [7, 11) is 3.73. The molecule has 0 radical (unpaired) electrons. The quantitative estimate of drug-likeness (QED) is 0.657. The minimum atomic E-state index is 0. The summed E-state index contributed by atoms with van der Waals surface area (Å²) in [5.41, 5.74) is 6.80. The molecule has 0 heterocycles. The normalized spacial score (nSPS) is 8.83. The number of phenols is 1. The van der Waals surface area contributed by atoms with Gasteiger partial charge in [0, 0.05) is 25.8 Å². The van der Waals surface area contributed by atoms with E-state index in [-0.39, 0.29) is 18.2 Å². The highest BCUT2D eigenvalue weighted by atomic mass is 35.5. The summed E-state index contributed by atoms with van der Waals surface area (Å²) >= 11 is 0. The van der Waals surface area contributed by atoms with Crippen molar-refractivity contribution >= 4 is 23.8 Å². The molecule has 0 aromatic heterocycles. The Morgan fingerprint density at radius 3 is 2.33 bits per heavy atom. The van der Waals surface area contributed by atoms with Crippen molar-refractivity contribution in [1.29, 1.82) is 0 Å². The number of halogens is 1. The van der Waals surface area contributed by atoms with Crippen LogP contribution in [0.4, 0.5) is 11.4 Å². The average molecular weight is 189 g/mol. The molecule has 3 nitrogen and oxygen atoms in total. The zero-order valence-corrected chi connectivity index (χ0v) is 7.93. The second-order valence-electron chi connectivity index (χ2n) is 2.64. The van der Waals surface area contributed by atoms with Crippen LogP contribution in [0.15, 0.2) is 18.2 Å². The Kier molecular flexibility index (Phi) is 3.70. The van der Waals surface area contributed by atoms with Crippen molar-refractivity contribution in [2.45, 2.75) is 0 Å². The molecular formula is C8H13ClN2O. The summed E-state index contributed by atoms with van der Waals surface area (Å²) in [6.45, 7) is 0. The highest BCUT2D eigenvalue weighted by Gasteiger charge is 2.01. The molecule has 12 heavy (non-hydrogen) atoms. The molecule has 1 aromatic carbocycles. The molecule has 0 unspecified atom stereocenters. The summed E-state index contributed by atoms with van der Waals surface area (Å²) in [5, 5.41) is 9.34. The van der Waals surface area contributed by atoms with Gasteiger partial charge in [-0.3, -0.25) is 0 Å². The van der Waals surface area contributed by atoms with E-state index in [4.69, 9.17) is 5.73 Å². The van der Waals surface area contributed by atoms with Crippen molar-refractivity contribution in [3.63, 3.8) is 0 Å². The molecular weight excluding hydrogens is 176 g/mol. The molecule has 4 heteroatoms. The van der Waals surface area contributed by atoms with Gasteiger partial charge in [-0.25, -0.2) is 0 Å². The Balaban J connectivity index is 0.00000121. The Bertz CT molecular complexity index is 263. The van der Waals surface area contributed by atoms with Crippen molar-refractivity contribution in [2.75, 3.05) is 24.7 Å². The second-order valence-corrected chi connectivity index (χ2v) is 2.64. The Morgan fingerprint density at radius 2 is 1.92 bits per heavy atom. The fraction of sp³-hybridized carbons (Fsp3) is 0.250. The molecule has 3 N–H and O–H groups in total. The molecule has 1 aromatic rings. The van der Waals surface area contributed by atoms with Gasteiger partial charge in [-0.05, 0) is 12.1 Å². The van der Waals surface area contributed by atoms with Crippen LogP contribution in [0.2, 0.25) is 0 Å². The fourth-order valence-electron chi connectivity index (χ4n) is 0.919. The third-order valence-corrected chi connectivity index (χ3v) is 1.48. The van der Waals surface area contributed by atoms with Crippen LogP contribution in [0.1, 0.15) is 0 Å². The highest BCUT2D eigenvalue weighted by molar-refractivity contribution is 5.85. The van der Waals surface area contributed by atoms with Crippen LogP contribution in [-0.2, 0) is 0 Å².